The first-order chi connectivity index (χ1) is 9.10. The lowest BCUT2D eigenvalue weighted by Gasteiger charge is -2.29. The fourth-order valence-electron chi connectivity index (χ4n) is 2.22. The molecule has 1 aliphatic heterocycles. The number of ether oxygens (including phenoxy) is 1. The van der Waals surface area contributed by atoms with E-state index in [1.807, 2.05) is 11.8 Å². The molecule has 19 heavy (non-hydrogen) atoms. The Morgan fingerprint density at radius 2 is 2.37 bits per heavy atom. The number of thioether (sulfide) groups is 1. The Kier molecular flexibility index (Phi) is 4.82. The van der Waals surface area contributed by atoms with Gasteiger partial charge in [-0.15, -0.1) is 0 Å². The van der Waals surface area contributed by atoms with E-state index in [0.717, 1.165) is 18.8 Å². The van der Waals surface area contributed by atoms with Crippen molar-refractivity contribution in [1.29, 1.82) is 0 Å². The molecule has 0 amide bonds. The minimum atomic E-state index is -0.410. The van der Waals surface area contributed by atoms with Gasteiger partial charge in [0.05, 0.1) is 19.2 Å². The van der Waals surface area contributed by atoms with Gasteiger partial charge in [-0.1, -0.05) is 6.92 Å². The molecule has 0 aromatic heterocycles. The summed E-state index contributed by atoms with van der Waals surface area (Å²) in [7, 11) is 1.49. The Bertz CT molecular complexity index is 467. The number of Topliss-reactive ketones (excluding diaryl/α,β-unsaturated/α-hetero) is 1. The Balaban J connectivity index is 2.09. The minimum Gasteiger partial charge on any atom is -0.496 e. The SMILES string of the molecule is COc1ccc(F)cc1C(=O)CN1CCSC(C)C1. The largest absolute Gasteiger partial charge is 0.496 e. The van der Waals surface area contributed by atoms with Crippen molar-refractivity contribution >= 4 is 17.5 Å². The molecule has 5 heteroatoms. The molecule has 1 aliphatic rings. The maximum Gasteiger partial charge on any atom is 0.180 e. The molecule has 0 saturated carbocycles. The van der Waals surface area contributed by atoms with Gasteiger partial charge in [0, 0.05) is 24.1 Å². The second kappa shape index (κ2) is 6.39. The van der Waals surface area contributed by atoms with Gasteiger partial charge in [0.1, 0.15) is 11.6 Å². The van der Waals surface area contributed by atoms with Crippen LogP contribution in [0, 0.1) is 5.82 Å². The number of methoxy groups -OCH3 is 1. The molecule has 1 aromatic rings. The number of carbonyl (C=O) groups is 1. The van der Waals surface area contributed by atoms with Gasteiger partial charge in [-0.2, -0.15) is 11.8 Å². The third-order valence-corrected chi connectivity index (χ3v) is 4.29. The fourth-order valence-corrected chi connectivity index (χ4v) is 3.30. The van der Waals surface area contributed by atoms with Crippen LogP contribution in [-0.2, 0) is 0 Å². The predicted octanol–water partition coefficient (Wildman–Crippen LogP) is 2.45. The van der Waals surface area contributed by atoms with Gasteiger partial charge in [0.15, 0.2) is 5.78 Å². The van der Waals surface area contributed by atoms with Crippen LogP contribution in [0.25, 0.3) is 0 Å². The molecule has 0 aliphatic carbocycles. The molecule has 1 saturated heterocycles. The van der Waals surface area contributed by atoms with Gasteiger partial charge >= 0.3 is 0 Å². The van der Waals surface area contributed by atoms with E-state index in [-0.39, 0.29) is 5.78 Å². The molecular formula is C14H18FNO2S. The molecule has 0 bridgehead atoms. The zero-order valence-corrected chi connectivity index (χ0v) is 12.0. The molecule has 0 N–H and O–H groups in total. The van der Waals surface area contributed by atoms with Crippen LogP contribution in [0.15, 0.2) is 18.2 Å². The first kappa shape index (κ1) is 14.3. The normalized spacial score (nSPS) is 20.3. The highest BCUT2D eigenvalue weighted by Crippen LogP contribution is 2.22. The number of benzene rings is 1. The van der Waals surface area contributed by atoms with E-state index in [0.29, 0.717) is 23.1 Å². The highest BCUT2D eigenvalue weighted by atomic mass is 32.2. The molecule has 1 aromatic carbocycles. The predicted molar refractivity (Wildman–Crippen MR) is 75.6 cm³/mol. The first-order valence-electron chi connectivity index (χ1n) is 6.31. The lowest BCUT2D eigenvalue weighted by Crippen LogP contribution is -2.39. The Hall–Kier alpha value is -1.07. The quantitative estimate of drug-likeness (QED) is 0.794. The fraction of sp³-hybridized carbons (Fsp3) is 0.500. The van der Waals surface area contributed by atoms with Gasteiger partial charge in [0.2, 0.25) is 0 Å². The number of hydrogen-bond acceptors (Lipinski definition) is 4. The van der Waals surface area contributed by atoms with E-state index < -0.39 is 5.82 Å². The Labute approximate surface area is 117 Å². The number of nitrogens with zero attached hydrogens (tertiary/aromatic N) is 1. The lowest BCUT2D eigenvalue weighted by molar-refractivity contribution is 0.0930. The van der Waals surface area contributed by atoms with Crippen molar-refractivity contribution in [3.63, 3.8) is 0 Å². The van der Waals surface area contributed by atoms with Crippen LogP contribution in [0.5, 0.6) is 5.75 Å². The average molecular weight is 283 g/mol. The first-order valence-corrected chi connectivity index (χ1v) is 7.35. The molecule has 1 fully saturated rings. The minimum absolute atomic E-state index is 0.0875. The van der Waals surface area contributed by atoms with Crippen molar-refractivity contribution in [3.05, 3.63) is 29.6 Å². The highest BCUT2D eigenvalue weighted by Gasteiger charge is 2.21. The van der Waals surface area contributed by atoms with Crippen molar-refractivity contribution in [1.82, 2.24) is 4.90 Å². The second-order valence-corrected chi connectivity index (χ2v) is 6.23. The Morgan fingerprint density at radius 3 is 3.05 bits per heavy atom. The molecular weight excluding hydrogens is 265 g/mol. The van der Waals surface area contributed by atoms with Crippen LogP contribution in [0.4, 0.5) is 4.39 Å². The van der Waals surface area contributed by atoms with Crippen LogP contribution in [-0.4, -0.2) is 48.4 Å². The summed E-state index contributed by atoms with van der Waals surface area (Å²) in [4.78, 5) is 14.4. The summed E-state index contributed by atoms with van der Waals surface area (Å²) in [5, 5.41) is 0.538. The van der Waals surface area contributed by atoms with Crippen molar-refractivity contribution in [2.75, 3.05) is 32.5 Å². The van der Waals surface area contributed by atoms with E-state index in [4.69, 9.17) is 4.74 Å². The standard InChI is InChI=1S/C14H18FNO2S/c1-10-8-16(5-6-19-10)9-13(17)12-7-11(15)3-4-14(12)18-2/h3-4,7,10H,5-6,8-9H2,1-2H3. The number of hydrogen-bond donors (Lipinski definition) is 0. The molecule has 104 valence electrons. The van der Waals surface area contributed by atoms with Crippen molar-refractivity contribution in [2.45, 2.75) is 12.2 Å². The van der Waals surface area contributed by atoms with Crippen LogP contribution < -0.4 is 4.74 Å². The summed E-state index contributed by atoms with van der Waals surface area (Å²) >= 11 is 1.92. The van der Waals surface area contributed by atoms with E-state index >= 15 is 0 Å². The molecule has 0 radical (unpaired) electrons. The van der Waals surface area contributed by atoms with Gasteiger partial charge in [-0.25, -0.2) is 4.39 Å². The summed E-state index contributed by atoms with van der Waals surface area (Å²) in [5.74, 6) is 0.974. The topological polar surface area (TPSA) is 29.5 Å². The van der Waals surface area contributed by atoms with Crippen molar-refractivity contribution in [3.8, 4) is 5.75 Å². The van der Waals surface area contributed by atoms with Gasteiger partial charge < -0.3 is 4.74 Å². The van der Waals surface area contributed by atoms with Crippen LogP contribution in [0.2, 0.25) is 0 Å². The number of ketones is 1. The lowest BCUT2D eigenvalue weighted by atomic mass is 10.1. The van der Waals surface area contributed by atoms with Gasteiger partial charge in [0.25, 0.3) is 0 Å². The third-order valence-electron chi connectivity index (χ3n) is 3.15. The summed E-state index contributed by atoms with van der Waals surface area (Å²) in [6, 6.07) is 4.05. The smallest absolute Gasteiger partial charge is 0.180 e. The van der Waals surface area contributed by atoms with Gasteiger partial charge in [-0.05, 0) is 18.2 Å². The average Bonchev–Trinajstić information content (AvgIpc) is 2.38. The molecule has 1 atom stereocenters. The van der Waals surface area contributed by atoms with Gasteiger partial charge in [-0.3, -0.25) is 9.69 Å². The Morgan fingerprint density at radius 1 is 1.58 bits per heavy atom. The summed E-state index contributed by atoms with van der Waals surface area (Å²) in [6.45, 7) is 4.28. The molecule has 3 nitrogen and oxygen atoms in total. The van der Waals surface area contributed by atoms with Crippen LogP contribution in [0.1, 0.15) is 17.3 Å². The molecule has 0 spiro atoms. The molecule has 1 unspecified atom stereocenters. The van der Waals surface area contributed by atoms with E-state index in [1.54, 1.807) is 0 Å². The molecule has 2 rings (SSSR count). The van der Waals surface area contributed by atoms with E-state index in [1.165, 1.54) is 25.3 Å². The van der Waals surface area contributed by atoms with Crippen LogP contribution in [0.3, 0.4) is 0 Å². The zero-order chi connectivity index (χ0) is 13.8. The highest BCUT2D eigenvalue weighted by molar-refractivity contribution is 7.99. The maximum atomic E-state index is 13.3. The maximum absolute atomic E-state index is 13.3. The zero-order valence-electron chi connectivity index (χ0n) is 11.2. The summed E-state index contributed by atoms with van der Waals surface area (Å²) in [6.07, 6.45) is 0. The number of rotatable bonds is 4. The third kappa shape index (κ3) is 3.70. The summed E-state index contributed by atoms with van der Waals surface area (Å²) < 4.78 is 18.4. The monoisotopic (exact) mass is 283 g/mol. The van der Waals surface area contributed by atoms with E-state index in [2.05, 4.69) is 11.8 Å². The van der Waals surface area contributed by atoms with Crippen molar-refractivity contribution < 1.29 is 13.9 Å². The second-order valence-electron chi connectivity index (χ2n) is 4.68. The molecule has 1 heterocycles. The van der Waals surface area contributed by atoms with E-state index in [9.17, 15) is 9.18 Å². The van der Waals surface area contributed by atoms with Crippen LogP contribution >= 0.6 is 11.8 Å². The number of carbonyl (C=O) groups excluding carboxylic acids is 1. The summed E-state index contributed by atoms with van der Waals surface area (Å²) in [5.41, 5.74) is 0.327. The van der Waals surface area contributed by atoms with Crippen molar-refractivity contribution in [2.24, 2.45) is 0 Å². The number of halogens is 1.